The van der Waals surface area contributed by atoms with Crippen LogP contribution in [0.1, 0.15) is 5.69 Å². The van der Waals surface area contributed by atoms with Crippen molar-refractivity contribution in [2.45, 2.75) is 6.92 Å². The molecule has 22 heavy (non-hydrogen) atoms. The molecule has 0 N–H and O–H groups in total. The van der Waals surface area contributed by atoms with E-state index in [1.54, 1.807) is 17.1 Å². The van der Waals surface area contributed by atoms with Crippen LogP contribution in [0.3, 0.4) is 0 Å². The van der Waals surface area contributed by atoms with E-state index < -0.39 is 0 Å². The van der Waals surface area contributed by atoms with Crippen LogP contribution < -0.4 is 5.56 Å². The number of hydrogen-bond donors (Lipinski definition) is 0. The predicted octanol–water partition coefficient (Wildman–Crippen LogP) is 2.58. The maximum atomic E-state index is 13.0. The first kappa shape index (κ1) is 12.8. The number of para-hydroxylation sites is 1. The molecule has 0 aliphatic carbocycles. The highest BCUT2D eigenvalue weighted by molar-refractivity contribution is 6.02. The van der Waals surface area contributed by atoms with E-state index in [1.165, 1.54) is 0 Å². The second-order valence-corrected chi connectivity index (χ2v) is 5.32. The number of imidazole rings is 1. The third-order valence-corrected chi connectivity index (χ3v) is 3.96. The van der Waals surface area contributed by atoms with Gasteiger partial charge in [0.15, 0.2) is 5.52 Å². The SMILES string of the molecule is Cc1ncccc1-n1c(=O)c2ncn(C)c2c2ccccc21. The predicted molar refractivity (Wildman–Crippen MR) is 86.3 cm³/mol. The fourth-order valence-corrected chi connectivity index (χ4v) is 2.94. The van der Waals surface area contributed by atoms with E-state index in [-0.39, 0.29) is 5.56 Å². The molecule has 0 aliphatic heterocycles. The minimum Gasteiger partial charge on any atom is -0.333 e. The van der Waals surface area contributed by atoms with E-state index in [9.17, 15) is 4.79 Å². The molecule has 108 valence electrons. The standard InChI is InChI=1S/C17H14N4O/c1-11-13(8-5-9-18-11)21-14-7-4-3-6-12(14)16-15(17(21)22)19-10-20(16)2/h3-10H,1-2H3. The van der Waals surface area contributed by atoms with E-state index in [0.717, 1.165) is 27.8 Å². The molecule has 0 spiro atoms. The maximum Gasteiger partial charge on any atom is 0.283 e. The van der Waals surface area contributed by atoms with Gasteiger partial charge in [-0.25, -0.2) is 4.98 Å². The number of hydrogen-bond acceptors (Lipinski definition) is 3. The summed E-state index contributed by atoms with van der Waals surface area (Å²) >= 11 is 0. The molecule has 3 aromatic heterocycles. The number of aromatic nitrogens is 4. The molecule has 0 saturated carbocycles. The van der Waals surface area contributed by atoms with Crippen LogP contribution in [0, 0.1) is 6.92 Å². The third kappa shape index (κ3) is 1.62. The number of nitrogens with zero attached hydrogens (tertiary/aromatic N) is 4. The lowest BCUT2D eigenvalue weighted by Gasteiger charge is -2.13. The van der Waals surface area contributed by atoms with Crippen LogP contribution in [-0.2, 0) is 7.05 Å². The summed E-state index contributed by atoms with van der Waals surface area (Å²) in [5, 5.41) is 1.00. The number of rotatable bonds is 1. The second-order valence-electron chi connectivity index (χ2n) is 5.32. The van der Waals surface area contributed by atoms with Crippen molar-refractivity contribution in [3.63, 3.8) is 0 Å². The number of aryl methyl sites for hydroxylation is 2. The first-order valence-electron chi connectivity index (χ1n) is 7.05. The summed E-state index contributed by atoms with van der Waals surface area (Å²) in [5.41, 5.74) is 3.68. The van der Waals surface area contributed by atoms with Gasteiger partial charge in [0.25, 0.3) is 5.56 Å². The molecule has 0 fully saturated rings. The van der Waals surface area contributed by atoms with Gasteiger partial charge in [-0.05, 0) is 25.1 Å². The van der Waals surface area contributed by atoms with E-state index in [4.69, 9.17) is 0 Å². The van der Waals surface area contributed by atoms with Gasteiger partial charge in [0, 0.05) is 18.6 Å². The Morgan fingerprint density at radius 2 is 1.86 bits per heavy atom. The van der Waals surface area contributed by atoms with E-state index in [1.807, 2.05) is 54.9 Å². The highest BCUT2D eigenvalue weighted by Crippen LogP contribution is 2.24. The minimum absolute atomic E-state index is 0.120. The van der Waals surface area contributed by atoms with E-state index >= 15 is 0 Å². The molecule has 4 aromatic rings. The summed E-state index contributed by atoms with van der Waals surface area (Å²) in [6, 6.07) is 11.6. The number of benzene rings is 1. The highest BCUT2D eigenvalue weighted by Gasteiger charge is 2.16. The Kier molecular flexibility index (Phi) is 2.63. The molecule has 3 heterocycles. The molecular formula is C17H14N4O. The molecular weight excluding hydrogens is 276 g/mol. The fourth-order valence-electron chi connectivity index (χ4n) is 2.94. The van der Waals surface area contributed by atoms with Crippen molar-refractivity contribution >= 4 is 21.9 Å². The van der Waals surface area contributed by atoms with Gasteiger partial charge in [-0.3, -0.25) is 14.3 Å². The van der Waals surface area contributed by atoms with Crippen LogP contribution >= 0.6 is 0 Å². The van der Waals surface area contributed by atoms with Crippen LogP contribution in [0.2, 0.25) is 0 Å². The first-order valence-corrected chi connectivity index (χ1v) is 7.05. The van der Waals surface area contributed by atoms with Crippen molar-refractivity contribution < 1.29 is 0 Å². The van der Waals surface area contributed by atoms with E-state index in [2.05, 4.69) is 9.97 Å². The Morgan fingerprint density at radius 3 is 2.68 bits per heavy atom. The molecule has 0 amide bonds. The van der Waals surface area contributed by atoms with Gasteiger partial charge < -0.3 is 4.57 Å². The summed E-state index contributed by atoms with van der Waals surface area (Å²) in [6.45, 7) is 1.90. The normalized spacial score (nSPS) is 11.4. The second kappa shape index (κ2) is 4.53. The Hall–Kier alpha value is -2.95. The molecule has 0 saturated heterocycles. The Balaban J connectivity index is 2.30. The zero-order valence-electron chi connectivity index (χ0n) is 12.3. The summed E-state index contributed by atoms with van der Waals surface area (Å²) < 4.78 is 3.59. The lowest BCUT2D eigenvalue weighted by Crippen LogP contribution is -2.20. The van der Waals surface area contributed by atoms with Crippen molar-refractivity contribution in [1.29, 1.82) is 0 Å². The molecule has 0 radical (unpaired) electrons. The smallest absolute Gasteiger partial charge is 0.283 e. The minimum atomic E-state index is -0.120. The van der Waals surface area contributed by atoms with Crippen molar-refractivity contribution in [2.24, 2.45) is 7.05 Å². The summed E-state index contributed by atoms with van der Waals surface area (Å²) in [5.74, 6) is 0. The zero-order valence-corrected chi connectivity index (χ0v) is 12.3. The van der Waals surface area contributed by atoms with Gasteiger partial charge in [-0.15, -0.1) is 0 Å². The fraction of sp³-hybridized carbons (Fsp3) is 0.118. The van der Waals surface area contributed by atoms with Crippen LogP contribution in [0.15, 0.2) is 53.7 Å². The molecule has 5 nitrogen and oxygen atoms in total. The monoisotopic (exact) mass is 290 g/mol. The Morgan fingerprint density at radius 1 is 1.05 bits per heavy atom. The van der Waals surface area contributed by atoms with Crippen LogP contribution in [0.4, 0.5) is 0 Å². The Labute approximate surface area is 126 Å². The lowest BCUT2D eigenvalue weighted by atomic mass is 10.1. The van der Waals surface area contributed by atoms with Gasteiger partial charge in [-0.2, -0.15) is 0 Å². The van der Waals surface area contributed by atoms with E-state index in [0.29, 0.717) is 5.52 Å². The molecule has 0 bridgehead atoms. The summed E-state index contributed by atoms with van der Waals surface area (Å²) in [6.07, 6.45) is 3.41. The van der Waals surface area contributed by atoms with Gasteiger partial charge in [0.1, 0.15) is 0 Å². The van der Waals surface area contributed by atoms with Crippen molar-refractivity contribution in [1.82, 2.24) is 19.1 Å². The molecule has 5 heteroatoms. The maximum absolute atomic E-state index is 13.0. The van der Waals surface area contributed by atoms with Crippen molar-refractivity contribution in [2.75, 3.05) is 0 Å². The third-order valence-electron chi connectivity index (χ3n) is 3.96. The molecule has 0 unspecified atom stereocenters. The molecule has 0 atom stereocenters. The highest BCUT2D eigenvalue weighted by atomic mass is 16.1. The number of fused-ring (bicyclic) bond motifs is 3. The van der Waals surface area contributed by atoms with Gasteiger partial charge in [-0.1, -0.05) is 18.2 Å². The number of pyridine rings is 2. The first-order chi connectivity index (χ1) is 10.7. The Bertz CT molecular complexity index is 1080. The van der Waals surface area contributed by atoms with Crippen molar-refractivity contribution in [3.05, 3.63) is 65.0 Å². The average Bonchev–Trinajstić information content (AvgIpc) is 2.92. The van der Waals surface area contributed by atoms with Gasteiger partial charge in [0.2, 0.25) is 0 Å². The summed E-state index contributed by atoms with van der Waals surface area (Å²) in [7, 11) is 1.90. The summed E-state index contributed by atoms with van der Waals surface area (Å²) in [4.78, 5) is 21.6. The zero-order chi connectivity index (χ0) is 15.3. The lowest BCUT2D eigenvalue weighted by molar-refractivity contribution is 0.950. The molecule has 1 aromatic carbocycles. The van der Waals surface area contributed by atoms with Gasteiger partial charge >= 0.3 is 0 Å². The molecule has 0 aliphatic rings. The molecule has 4 rings (SSSR count). The average molecular weight is 290 g/mol. The van der Waals surface area contributed by atoms with Crippen LogP contribution in [0.5, 0.6) is 0 Å². The van der Waals surface area contributed by atoms with Gasteiger partial charge in [0.05, 0.1) is 28.7 Å². The van der Waals surface area contributed by atoms with Crippen LogP contribution in [0.25, 0.3) is 27.6 Å². The quantitative estimate of drug-likeness (QED) is 0.541. The van der Waals surface area contributed by atoms with Crippen LogP contribution in [-0.4, -0.2) is 19.1 Å². The van der Waals surface area contributed by atoms with Crippen molar-refractivity contribution in [3.8, 4) is 5.69 Å². The largest absolute Gasteiger partial charge is 0.333 e. The topological polar surface area (TPSA) is 52.7 Å².